The third kappa shape index (κ3) is 4.94. The average molecular weight is 329 g/mol. The Morgan fingerprint density at radius 2 is 2.00 bits per heavy atom. The van der Waals surface area contributed by atoms with E-state index in [2.05, 4.69) is 39.2 Å². The van der Waals surface area contributed by atoms with Gasteiger partial charge in [-0.25, -0.2) is 4.98 Å². The largest absolute Gasteiger partial charge is 0.356 e. The quantitative estimate of drug-likeness (QED) is 0.811. The first-order chi connectivity index (χ1) is 11.8. The standard InChI is InChI=1S/C19H31N5/c1-2-3-6-12-23-15-10-17(16-23)21-19-20-11-9-18(22-19)24-13-7-4-5-8-14-24/h3,6,9,11,17H,2,4-5,7-8,10,12-16H2,1H3,(H,20,21,22)/b6-3+. The number of allylic oxidation sites excluding steroid dienone is 1. The van der Waals surface area contributed by atoms with E-state index in [0.717, 1.165) is 57.3 Å². The van der Waals surface area contributed by atoms with Gasteiger partial charge in [-0.1, -0.05) is 31.9 Å². The van der Waals surface area contributed by atoms with Crippen molar-refractivity contribution in [2.45, 2.75) is 51.5 Å². The molecule has 3 rings (SSSR count). The lowest BCUT2D eigenvalue weighted by atomic mass is 10.2. The molecule has 0 aliphatic carbocycles. The van der Waals surface area contributed by atoms with Crippen LogP contribution < -0.4 is 10.2 Å². The molecule has 1 aromatic rings. The maximum atomic E-state index is 4.77. The van der Waals surface area contributed by atoms with Crippen LogP contribution in [0.2, 0.25) is 0 Å². The molecule has 24 heavy (non-hydrogen) atoms. The van der Waals surface area contributed by atoms with Gasteiger partial charge in [-0.2, -0.15) is 4.98 Å². The smallest absolute Gasteiger partial charge is 0.224 e. The summed E-state index contributed by atoms with van der Waals surface area (Å²) >= 11 is 0. The molecule has 0 spiro atoms. The van der Waals surface area contributed by atoms with Gasteiger partial charge >= 0.3 is 0 Å². The van der Waals surface area contributed by atoms with Gasteiger partial charge in [0, 0.05) is 45.0 Å². The molecule has 5 nitrogen and oxygen atoms in total. The third-order valence-corrected chi connectivity index (χ3v) is 4.94. The van der Waals surface area contributed by atoms with Gasteiger partial charge in [-0.05, 0) is 31.7 Å². The van der Waals surface area contributed by atoms with Crippen molar-refractivity contribution in [3.05, 3.63) is 24.4 Å². The first-order valence-electron chi connectivity index (χ1n) is 9.57. The van der Waals surface area contributed by atoms with Crippen LogP contribution in [0, 0.1) is 0 Å². The molecule has 0 saturated carbocycles. The summed E-state index contributed by atoms with van der Waals surface area (Å²) in [5.41, 5.74) is 0. The van der Waals surface area contributed by atoms with Gasteiger partial charge in [-0.3, -0.25) is 4.90 Å². The summed E-state index contributed by atoms with van der Waals surface area (Å²) in [4.78, 5) is 14.1. The molecule has 132 valence electrons. The van der Waals surface area contributed by atoms with E-state index in [9.17, 15) is 0 Å². The minimum absolute atomic E-state index is 0.458. The second-order valence-electron chi connectivity index (χ2n) is 6.91. The monoisotopic (exact) mass is 329 g/mol. The summed E-state index contributed by atoms with van der Waals surface area (Å²) < 4.78 is 0. The molecule has 0 radical (unpaired) electrons. The average Bonchev–Trinajstić information content (AvgIpc) is 2.87. The predicted molar refractivity (Wildman–Crippen MR) is 101 cm³/mol. The number of rotatable bonds is 6. The van der Waals surface area contributed by atoms with Crippen molar-refractivity contribution < 1.29 is 0 Å². The predicted octanol–water partition coefficient (Wildman–Crippen LogP) is 3.31. The number of likely N-dealkylation sites (tertiary alicyclic amines) is 1. The Balaban J connectivity index is 1.54. The molecule has 2 aliphatic heterocycles. The lowest BCUT2D eigenvalue weighted by Gasteiger charge is -2.22. The molecule has 1 aromatic heterocycles. The molecule has 0 aromatic carbocycles. The molecule has 2 saturated heterocycles. The lowest BCUT2D eigenvalue weighted by Crippen LogP contribution is -2.28. The molecular formula is C19H31N5. The Hall–Kier alpha value is -1.62. The van der Waals surface area contributed by atoms with Crippen LogP contribution >= 0.6 is 0 Å². The fraction of sp³-hybridized carbons (Fsp3) is 0.684. The molecular weight excluding hydrogens is 298 g/mol. The maximum absolute atomic E-state index is 4.77. The second-order valence-corrected chi connectivity index (χ2v) is 6.91. The maximum Gasteiger partial charge on any atom is 0.224 e. The minimum atomic E-state index is 0.458. The number of hydrogen-bond donors (Lipinski definition) is 1. The topological polar surface area (TPSA) is 44.3 Å². The number of aromatic nitrogens is 2. The van der Waals surface area contributed by atoms with Crippen molar-refractivity contribution in [1.82, 2.24) is 14.9 Å². The lowest BCUT2D eigenvalue weighted by molar-refractivity contribution is 0.373. The molecule has 2 aliphatic rings. The zero-order chi connectivity index (χ0) is 16.6. The Bertz CT molecular complexity index is 522. The van der Waals surface area contributed by atoms with E-state index in [1.54, 1.807) is 0 Å². The first-order valence-corrected chi connectivity index (χ1v) is 9.57. The number of nitrogens with one attached hydrogen (secondary N) is 1. The van der Waals surface area contributed by atoms with Gasteiger partial charge in [0.05, 0.1) is 0 Å². The van der Waals surface area contributed by atoms with Crippen molar-refractivity contribution in [1.29, 1.82) is 0 Å². The van der Waals surface area contributed by atoms with Crippen LogP contribution in [0.25, 0.3) is 0 Å². The van der Waals surface area contributed by atoms with Crippen LogP contribution in [-0.4, -0.2) is 53.6 Å². The summed E-state index contributed by atoms with van der Waals surface area (Å²) in [6, 6.07) is 2.51. The van der Waals surface area contributed by atoms with E-state index >= 15 is 0 Å². The Morgan fingerprint density at radius 1 is 1.17 bits per heavy atom. The van der Waals surface area contributed by atoms with Crippen LogP contribution in [0.5, 0.6) is 0 Å². The Labute approximate surface area is 146 Å². The summed E-state index contributed by atoms with van der Waals surface area (Å²) in [5, 5.41) is 3.54. The molecule has 2 fully saturated rings. The van der Waals surface area contributed by atoms with Crippen molar-refractivity contribution in [3.63, 3.8) is 0 Å². The number of anilines is 2. The van der Waals surface area contributed by atoms with Gasteiger partial charge in [-0.15, -0.1) is 0 Å². The van der Waals surface area contributed by atoms with E-state index in [1.807, 2.05) is 12.3 Å². The van der Waals surface area contributed by atoms with Gasteiger partial charge in [0.15, 0.2) is 0 Å². The van der Waals surface area contributed by atoms with Crippen molar-refractivity contribution in [3.8, 4) is 0 Å². The molecule has 5 heteroatoms. The SMILES string of the molecule is CC/C=C/CN1CCC(Nc2nccc(N3CCCCCC3)n2)C1. The molecule has 1 unspecified atom stereocenters. The fourth-order valence-electron chi connectivity index (χ4n) is 3.58. The molecule has 0 amide bonds. The van der Waals surface area contributed by atoms with E-state index < -0.39 is 0 Å². The first kappa shape index (κ1) is 17.2. The molecule has 1 atom stereocenters. The van der Waals surface area contributed by atoms with Crippen molar-refractivity contribution >= 4 is 11.8 Å². The highest BCUT2D eigenvalue weighted by Gasteiger charge is 2.22. The highest BCUT2D eigenvalue weighted by atomic mass is 15.3. The summed E-state index contributed by atoms with van der Waals surface area (Å²) in [7, 11) is 0. The van der Waals surface area contributed by atoms with E-state index in [1.165, 1.54) is 25.7 Å². The summed E-state index contributed by atoms with van der Waals surface area (Å²) in [5.74, 6) is 1.86. The minimum Gasteiger partial charge on any atom is -0.356 e. The summed E-state index contributed by atoms with van der Waals surface area (Å²) in [6.07, 6.45) is 13.9. The van der Waals surface area contributed by atoms with Crippen LogP contribution in [0.1, 0.15) is 45.4 Å². The Morgan fingerprint density at radius 3 is 2.79 bits per heavy atom. The highest BCUT2D eigenvalue weighted by molar-refractivity contribution is 5.43. The van der Waals surface area contributed by atoms with E-state index in [4.69, 9.17) is 4.98 Å². The Kier molecular flexibility index (Phi) is 6.47. The molecule has 1 N–H and O–H groups in total. The van der Waals surface area contributed by atoms with E-state index in [0.29, 0.717) is 6.04 Å². The van der Waals surface area contributed by atoms with Crippen LogP contribution in [0.4, 0.5) is 11.8 Å². The van der Waals surface area contributed by atoms with Crippen molar-refractivity contribution in [2.75, 3.05) is 42.9 Å². The zero-order valence-electron chi connectivity index (χ0n) is 15.0. The van der Waals surface area contributed by atoms with Gasteiger partial charge in [0.25, 0.3) is 0 Å². The zero-order valence-corrected chi connectivity index (χ0v) is 15.0. The summed E-state index contributed by atoms with van der Waals surface area (Å²) in [6.45, 7) is 7.71. The van der Waals surface area contributed by atoms with Gasteiger partial charge in [0.2, 0.25) is 5.95 Å². The van der Waals surface area contributed by atoms with Crippen molar-refractivity contribution in [2.24, 2.45) is 0 Å². The molecule has 3 heterocycles. The van der Waals surface area contributed by atoms with Gasteiger partial charge in [0.1, 0.15) is 5.82 Å². The third-order valence-electron chi connectivity index (χ3n) is 4.94. The van der Waals surface area contributed by atoms with Gasteiger partial charge < -0.3 is 10.2 Å². The van der Waals surface area contributed by atoms with Crippen LogP contribution in [0.3, 0.4) is 0 Å². The normalized spacial score (nSPS) is 22.9. The second kappa shape index (κ2) is 9.02. The number of hydrogen-bond acceptors (Lipinski definition) is 5. The van der Waals surface area contributed by atoms with Crippen LogP contribution in [-0.2, 0) is 0 Å². The van der Waals surface area contributed by atoms with E-state index in [-0.39, 0.29) is 0 Å². The molecule has 0 bridgehead atoms. The number of nitrogens with zero attached hydrogens (tertiary/aromatic N) is 4. The van der Waals surface area contributed by atoms with Crippen LogP contribution in [0.15, 0.2) is 24.4 Å². The fourth-order valence-corrected chi connectivity index (χ4v) is 3.58. The highest BCUT2D eigenvalue weighted by Crippen LogP contribution is 2.19.